The molecular weight excluding hydrogens is 270 g/mol. The van der Waals surface area contributed by atoms with Gasteiger partial charge < -0.3 is 18.8 Å². The third-order valence-electron chi connectivity index (χ3n) is 3.40. The first kappa shape index (κ1) is 21.7. The van der Waals surface area contributed by atoms with Gasteiger partial charge in [0.05, 0.1) is 18.8 Å². The minimum Gasteiger partial charge on any atom is -0.493 e. The smallest absolute Gasteiger partial charge is 0.333 e. The molecule has 0 aliphatic rings. The third kappa shape index (κ3) is 9.85. The number of carbonyl (C=O) groups is 2. The molecule has 5 heteroatoms. The molecule has 0 bridgehead atoms. The molecule has 0 saturated heterocycles. The number of nitrogens with zero attached hydrogens (tertiary/aromatic N) is 1. The Bertz CT molecular complexity index is 335. The molecule has 0 heterocycles. The van der Waals surface area contributed by atoms with Gasteiger partial charge in [-0.25, -0.2) is 4.79 Å². The van der Waals surface area contributed by atoms with E-state index in [0.717, 1.165) is 36.4 Å². The van der Waals surface area contributed by atoms with Crippen LogP contribution in [0.4, 0.5) is 0 Å². The van der Waals surface area contributed by atoms with Gasteiger partial charge in [0.25, 0.3) is 0 Å². The van der Waals surface area contributed by atoms with Crippen molar-refractivity contribution in [2.45, 2.75) is 27.7 Å². The van der Waals surface area contributed by atoms with E-state index < -0.39 is 0 Å². The molecule has 0 amide bonds. The molecule has 0 aromatic carbocycles. The van der Waals surface area contributed by atoms with Crippen molar-refractivity contribution in [3.05, 3.63) is 24.5 Å². The monoisotopic (exact) mass is 300 g/mol. The Morgan fingerprint density at radius 2 is 1.38 bits per heavy atom. The highest BCUT2D eigenvalue weighted by Crippen LogP contribution is 2.07. The van der Waals surface area contributed by atoms with Crippen LogP contribution in [0.1, 0.15) is 27.7 Å². The fourth-order valence-electron chi connectivity index (χ4n) is 1.84. The number of ether oxygens (including phenoxy) is 2. The van der Waals surface area contributed by atoms with Gasteiger partial charge in [0.1, 0.15) is 33.1 Å². The van der Waals surface area contributed by atoms with Gasteiger partial charge in [-0.15, -0.1) is 0 Å². The Labute approximate surface area is 128 Å². The zero-order chi connectivity index (χ0) is 16.9. The van der Waals surface area contributed by atoms with E-state index in [1.807, 2.05) is 13.7 Å². The lowest BCUT2D eigenvalue weighted by Crippen LogP contribution is -2.51. The van der Waals surface area contributed by atoms with E-state index in [4.69, 9.17) is 14.3 Å². The summed E-state index contributed by atoms with van der Waals surface area (Å²) in [5.74, 6) is 0.419. The van der Waals surface area contributed by atoms with Gasteiger partial charge >= 0.3 is 5.97 Å². The second-order valence-corrected chi connectivity index (χ2v) is 4.89. The molecule has 122 valence electrons. The van der Waals surface area contributed by atoms with Crippen LogP contribution in [0.25, 0.3) is 0 Å². The van der Waals surface area contributed by atoms with Gasteiger partial charge in [-0.1, -0.05) is 13.2 Å². The molecule has 0 N–H and O–H groups in total. The van der Waals surface area contributed by atoms with E-state index in [9.17, 15) is 4.79 Å². The number of carbonyl (C=O) groups excluding carboxylic acids is 2. The lowest BCUT2D eigenvalue weighted by molar-refractivity contribution is -0.925. The van der Waals surface area contributed by atoms with Crippen LogP contribution in [-0.4, -0.2) is 56.6 Å². The molecule has 0 radical (unpaired) electrons. The van der Waals surface area contributed by atoms with Crippen LogP contribution in [0.2, 0.25) is 0 Å². The number of esters is 1. The molecular formula is C16H30NO4+. The molecule has 0 rings (SSSR count). The largest absolute Gasteiger partial charge is 0.493 e. The summed E-state index contributed by atoms with van der Waals surface area (Å²) >= 11 is 0. The van der Waals surface area contributed by atoms with Gasteiger partial charge in [0.2, 0.25) is 0 Å². The quantitative estimate of drug-likeness (QED) is 0.269. The second kappa shape index (κ2) is 12.1. The van der Waals surface area contributed by atoms with E-state index in [-0.39, 0.29) is 5.97 Å². The van der Waals surface area contributed by atoms with Crippen LogP contribution in [0.3, 0.4) is 0 Å². The second-order valence-electron chi connectivity index (χ2n) is 4.89. The number of allylic oxidation sites excluding steroid dienone is 1. The molecule has 0 aliphatic heterocycles. The predicted octanol–water partition coefficient (Wildman–Crippen LogP) is 2.33. The first-order valence-corrected chi connectivity index (χ1v) is 7.11. The van der Waals surface area contributed by atoms with Gasteiger partial charge in [-0.3, -0.25) is 0 Å². The summed E-state index contributed by atoms with van der Waals surface area (Å²) in [6, 6.07) is 0. The molecule has 0 aromatic heterocycles. The molecule has 0 aliphatic carbocycles. The molecule has 0 unspecified atom stereocenters. The highest BCUT2D eigenvalue weighted by molar-refractivity contribution is 5.86. The summed E-state index contributed by atoms with van der Waals surface area (Å²) in [5, 5.41) is 0. The van der Waals surface area contributed by atoms with Crippen molar-refractivity contribution >= 4 is 12.8 Å². The Morgan fingerprint density at radius 3 is 1.71 bits per heavy atom. The SMILES string of the molecule is C=C(C)OCC[N+](CC)(CC)CCOC(=O)C(=C)C.C=O. The summed E-state index contributed by atoms with van der Waals surface area (Å²) in [6.07, 6.45) is 0. The fraction of sp³-hybridized carbons (Fsp3) is 0.625. The summed E-state index contributed by atoms with van der Waals surface area (Å²) in [5.41, 5.74) is 0.441. The first-order valence-electron chi connectivity index (χ1n) is 7.11. The van der Waals surface area contributed by atoms with Crippen LogP contribution in [-0.2, 0) is 19.1 Å². The molecule has 21 heavy (non-hydrogen) atoms. The number of rotatable bonds is 10. The predicted molar refractivity (Wildman–Crippen MR) is 84.7 cm³/mol. The Balaban J connectivity index is 0. The van der Waals surface area contributed by atoms with Crippen LogP contribution >= 0.6 is 0 Å². The van der Waals surface area contributed by atoms with Crippen molar-refractivity contribution in [2.24, 2.45) is 0 Å². The molecule has 0 aromatic rings. The lowest BCUT2D eigenvalue weighted by Gasteiger charge is -2.36. The lowest BCUT2D eigenvalue weighted by atomic mass is 10.3. The van der Waals surface area contributed by atoms with Crippen molar-refractivity contribution < 1.29 is 23.5 Å². The maximum atomic E-state index is 11.3. The van der Waals surface area contributed by atoms with Crippen LogP contribution in [0, 0.1) is 0 Å². The summed E-state index contributed by atoms with van der Waals surface area (Å²) in [6.45, 7) is 21.8. The maximum Gasteiger partial charge on any atom is 0.333 e. The maximum absolute atomic E-state index is 11.3. The fourth-order valence-corrected chi connectivity index (χ4v) is 1.84. The highest BCUT2D eigenvalue weighted by Gasteiger charge is 2.23. The Kier molecular flexibility index (Phi) is 12.5. The van der Waals surface area contributed by atoms with E-state index in [1.165, 1.54) is 0 Å². The van der Waals surface area contributed by atoms with Crippen LogP contribution in [0.5, 0.6) is 0 Å². The summed E-state index contributed by atoms with van der Waals surface area (Å²) < 4.78 is 11.5. The molecule has 0 saturated carbocycles. The number of quaternary nitrogens is 1. The molecule has 0 fully saturated rings. The molecule has 0 spiro atoms. The van der Waals surface area contributed by atoms with E-state index in [0.29, 0.717) is 18.8 Å². The van der Waals surface area contributed by atoms with E-state index in [1.54, 1.807) is 6.92 Å². The van der Waals surface area contributed by atoms with Gasteiger partial charge in [-0.2, -0.15) is 0 Å². The average molecular weight is 300 g/mol. The topological polar surface area (TPSA) is 52.6 Å². The zero-order valence-corrected chi connectivity index (χ0v) is 13.9. The van der Waals surface area contributed by atoms with Gasteiger partial charge in [0, 0.05) is 5.57 Å². The van der Waals surface area contributed by atoms with Crippen LogP contribution < -0.4 is 0 Å². The van der Waals surface area contributed by atoms with Crippen LogP contribution in [0.15, 0.2) is 24.5 Å². The minimum atomic E-state index is -0.316. The summed E-state index contributed by atoms with van der Waals surface area (Å²) in [4.78, 5) is 19.3. The van der Waals surface area contributed by atoms with Crippen molar-refractivity contribution in [1.29, 1.82) is 0 Å². The Hall–Kier alpha value is -1.62. The number of likely N-dealkylation sites (N-methyl/N-ethyl adjacent to an activating group) is 1. The standard InChI is InChI=1S/C15H28NO3.CH2O/c1-7-16(8-2,9-11-18-14(5)6)10-12-19-15(17)13(3)4;1-2/h3,5,7-12H2,1-2,4,6H3;1H2/q+1;. The molecule has 5 nitrogen and oxygen atoms in total. The number of hydrogen-bond donors (Lipinski definition) is 0. The van der Waals surface area contributed by atoms with Crippen molar-refractivity contribution in [3.8, 4) is 0 Å². The summed E-state index contributed by atoms with van der Waals surface area (Å²) in [7, 11) is 0. The average Bonchev–Trinajstić information content (AvgIpc) is 2.47. The van der Waals surface area contributed by atoms with Crippen molar-refractivity contribution in [2.75, 3.05) is 39.4 Å². The van der Waals surface area contributed by atoms with Crippen molar-refractivity contribution in [1.82, 2.24) is 0 Å². The van der Waals surface area contributed by atoms with Gasteiger partial charge in [0.15, 0.2) is 0 Å². The normalized spacial score (nSPS) is 10.1. The van der Waals surface area contributed by atoms with E-state index >= 15 is 0 Å². The first-order chi connectivity index (χ1) is 9.87. The molecule has 0 atom stereocenters. The van der Waals surface area contributed by atoms with Gasteiger partial charge in [-0.05, 0) is 27.7 Å². The van der Waals surface area contributed by atoms with E-state index in [2.05, 4.69) is 27.0 Å². The van der Waals surface area contributed by atoms with Crippen molar-refractivity contribution in [3.63, 3.8) is 0 Å². The zero-order valence-electron chi connectivity index (χ0n) is 13.9. The minimum absolute atomic E-state index is 0.316. The third-order valence-corrected chi connectivity index (χ3v) is 3.40. The Morgan fingerprint density at radius 1 is 0.952 bits per heavy atom. The highest BCUT2D eigenvalue weighted by atomic mass is 16.5. The number of hydrogen-bond acceptors (Lipinski definition) is 4.